The number of hydrogen-bond donors (Lipinski definition) is 4. The van der Waals surface area contributed by atoms with Crippen LogP contribution in [0.2, 0.25) is 0 Å². The molecule has 0 heterocycles. The van der Waals surface area contributed by atoms with E-state index in [2.05, 4.69) is 54.4 Å². The molecular weight excluding hydrogens is 336 g/mol. The fourth-order valence-corrected chi connectivity index (χ4v) is 3.51. The average molecular weight is 365 g/mol. The molecule has 1 aromatic rings. The van der Waals surface area contributed by atoms with Crippen molar-refractivity contribution in [3.63, 3.8) is 0 Å². The van der Waals surface area contributed by atoms with Gasteiger partial charge in [0.1, 0.15) is 0 Å². The van der Waals surface area contributed by atoms with Gasteiger partial charge in [0.15, 0.2) is 10.2 Å². The van der Waals surface area contributed by atoms with Crippen molar-refractivity contribution in [3.8, 4) is 0 Å². The van der Waals surface area contributed by atoms with E-state index < -0.39 is 0 Å². The monoisotopic (exact) mass is 364 g/mol. The third-order valence-corrected chi connectivity index (χ3v) is 5.33. The van der Waals surface area contributed by atoms with Crippen LogP contribution in [0.15, 0.2) is 24.3 Å². The lowest BCUT2D eigenvalue weighted by molar-refractivity contribution is 0.224. The summed E-state index contributed by atoms with van der Waals surface area (Å²) in [6.45, 7) is 6.75. The highest BCUT2D eigenvalue weighted by Gasteiger charge is 2.27. The van der Waals surface area contributed by atoms with Crippen LogP contribution in [-0.4, -0.2) is 16.3 Å². The number of rotatable bonds is 3. The van der Waals surface area contributed by atoms with E-state index in [0.29, 0.717) is 22.2 Å². The molecule has 1 saturated carbocycles. The summed E-state index contributed by atoms with van der Waals surface area (Å²) in [7, 11) is 0. The van der Waals surface area contributed by atoms with Crippen molar-refractivity contribution < 1.29 is 0 Å². The minimum Gasteiger partial charge on any atom is -0.358 e. The molecule has 4 nitrogen and oxygen atoms in total. The van der Waals surface area contributed by atoms with Gasteiger partial charge in [-0.2, -0.15) is 0 Å². The molecule has 0 saturated heterocycles. The Morgan fingerprint density at radius 1 is 1.12 bits per heavy atom. The number of hydrazine groups is 1. The molecule has 0 aliphatic heterocycles. The largest absolute Gasteiger partial charge is 0.358 e. The zero-order chi connectivity index (χ0) is 17.5. The van der Waals surface area contributed by atoms with Crippen molar-refractivity contribution in [1.29, 1.82) is 0 Å². The maximum absolute atomic E-state index is 5.38. The first-order valence-electron chi connectivity index (χ1n) is 8.72. The molecule has 0 spiro atoms. The van der Waals surface area contributed by atoms with Crippen LogP contribution in [-0.2, 0) is 6.42 Å². The highest BCUT2D eigenvalue weighted by Crippen LogP contribution is 2.29. The molecule has 0 radical (unpaired) electrons. The van der Waals surface area contributed by atoms with E-state index in [1.54, 1.807) is 0 Å². The maximum Gasteiger partial charge on any atom is 0.189 e. The second-order valence-electron chi connectivity index (χ2n) is 6.61. The molecule has 0 bridgehead atoms. The van der Waals surface area contributed by atoms with E-state index in [1.807, 2.05) is 12.1 Å². The Morgan fingerprint density at radius 2 is 1.88 bits per heavy atom. The van der Waals surface area contributed by atoms with Gasteiger partial charge in [-0.05, 0) is 66.8 Å². The summed E-state index contributed by atoms with van der Waals surface area (Å²) in [4.78, 5) is 0. The van der Waals surface area contributed by atoms with E-state index in [-0.39, 0.29) is 0 Å². The number of nitrogens with one attached hydrogen (secondary N) is 4. The summed E-state index contributed by atoms with van der Waals surface area (Å²) in [6, 6.07) is 8.64. The van der Waals surface area contributed by atoms with Crippen molar-refractivity contribution in [2.45, 2.75) is 52.5 Å². The molecule has 1 aliphatic carbocycles. The summed E-state index contributed by atoms with van der Waals surface area (Å²) >= 11 is 10.7. The van der Waals surface area contributed by atoms with Crippen LogP contribution >= 0.6 is 24.4 Å². The number of hydrogen-bond acceptors (Lipinski definition) is 2. The lowest BCUT2D eigenvalue weighted by atomic mass is 9.78. The molecule has 1 fully saturated rings. The topological polar surface area (TPSA) is 48.1 Å². The Balaban J connectivity index is 1.75. The van der Waals surface area contributed by atoms with Crippen LogP contribution in [0.3, 0.4) is 0 Å². The Labute approximate surface area is 156 Å². The molecule has 0 amide bonds. The molecule has 6 heteroatoms. The zero-order valence-electron chi connectivity index (χ0n) is 14.7. The standard InChI is InChI=1S/C18H28N4S2/c1-4-14-8-6-9-15(11-14)19-17(23)21-22-18(24)20-16-10-5-7-12(2)13(16)3/h6,8-9,11-13,16H,4-5,7,10H2,1-3H3,(H2,19,21,23)(H2,20,22,24)/t12-,13-,16-/m0/s1. The lowest BCUT2D eigenvalue weighted by Gasteiger charge is -2.35. The Morgan fingerprint density at radius 3 is 2.62 bits per heavy atom. The number of thiocarbonyl (C=S) groups is 2. The van der Waals surface area contributed by atoms with E-state index in [9.17, 15) is 0 Å². The second-order valence-corrected chi connectivity index (χ2v) is 7.42. The molecule has 0 aromatic heterocycles. The Bertz CT molecular complexity index is 576. The average Bonchev–Trinajstić information content (AvgIpc) is 2.57. The second kappa shape index (κ2) is 9.18. The van der Waals surface area contributed by atoms with Crippen LogP contribution in [0.25, 0.3) is 0 Å². The zero-order valence-corrected chi connectivity index (χ0v) is 16.3. The van der Waals surface area contributed by atoms with E-state index in [4.69, 9.17) is 24.4 Å². The minimum absolute atomic E-state index is 0.429. The predicted octanol–water partition coefficient (Wildman–Crippen LogP) is 3.74. The maximum atomic E-state index is 5.38. The number of aryl methyl sites for hydroxylation is 1. The molecule has 1 aliphatic rings. The van der Waals surface area contributed by atoms with Crippen molar-refractivity contribution in [3.05, 3.63) is 29.8 Å². The Hall–Kier alpha value is -1.40. The molecule has 0 unspecified atom stereocenters. The van der Waals surface area contributed by atoms with Crippen LogP contribution < -0.4 is 21.5 Å². The summed E-state index contributed by atoms with van der Waals surface area (Å²) in [5.41, 5.74) is 8.18. The summed E-state index contributed by atoms with van der Waals surface area (Å²) < 4.78 is 0. The fraction of sp³-hybridized carbons (Fsp3) is 0.556. The van der Waals surface area contributed by atoms with Gasteiger partial charge in [0.05, 0.1) is 0 Å². The van der Waals surface area contributed by atoms with Crippen molar-refractivity contribution in [2.24, 2.45) is 11.8 Å². The first-order chi connectivity index (χ1) is 11.5. The van der Waals surface area contributed by atoms with E-state index in [0.717, 1.165) is 18.0 Å². The first-order valence-corrected chi connectivity index (χ1v) is 9.53. The van der Waals surface area contributed by atoms with Crippen molar-refractivity contribution >= 4 is 40.3 Å². The first kappa shape index (κ1) is 18.9. The summed E-state index contributed by atoms with van der Waals surface area (Å²) in [5, 5.41) is 7.66. The van der Waals surface area contributed by atoms with Gasteiger partial charge in [-0.3, -0.25) is 10.9 Å². The van der Waals surface area contributed by atoms with Gasteiger partial charge in [-0.15, -0.1) is 0 Å². The SMILES string of the molecule is CCc1cccc(NC(=S)NNC(=S)N[C@H]2CCC[C@H](C)[C@@H]2C)c1. The van der Waals surface area contributed by atoms with Gasteiger partial charge in [0, 0.05) is 11.7 Å². The van der Waals surface area contributed by atoms with Gasteiger partial charge < -0.3 is 10.6 Å². The molecule has 3 atom stereocenters. The highest BCUT2D eigenvalue weighted by atomic mass is 32.1. The van der Waals surface area contributed by atoms with Crippen LogP contribution in [0, 0.1) is 11.8 Å². The minimum atomic E-state index is 0.429. The van der Waals surface area contributed by atoms with Crippen LogP contribution in [0.5, 0.6) is 0 Å². The molecular formula is C18H28N4S2. The summed E-state index contributed by atoms with van der Waals surface area (Å²) in [6.07, 6.45) is 4.73. The van der Waals surface area contributed by atoms with Gasteiger partial charge >= 0.3 is 0 Å². The molecule has 4 N–H and O–H groups in total. The fourth-order valence-electron chi connectivity index (χ4n) is 3.14. The third kappa shape index (κ3) is 5.60. The smallest absolute Gasteiger partial charge is 0.189 e. The highest BCUT2D eigenvalue weighted by molar-refractivity contribution is 7.80. The molecule has 1 aromatic carbocycles. The number of anilines is 1. The van der Waals surface area contributed by atoms with E-state index in [1.165, 1.54) is 24.8 Å². The quantitative estimate of drug-likeness (QED) is 0.484. The van der Waals surface area contributed by atoms with Gasteiger partial charge in [0.25, 0.3) is 0 Å². The van der Waals surface area contributed by atoms with Crippen LogP contribution in [0.4, 0.5) is 5.69 Å². The van der Waals surface area contributed by atoms with Gasteiger partial charge in [0.2, 0.25) is 0 Å². The molecule has 132 valence electrons. The number of benzene rings is 1. The van der Waals surface area contributed by atoms with Gasteiger partial charge in [-0.1, -0.05) is 45.7 Å². The van der Waals surface area contributed by atoms with Gasteiger partial charge in [-0.25, -0.2) is 0 Å². The third-order valence-electron chi connectivity index (χ3n) is 4.91. The normalized spacial score (nSPS) is 23.2. The van der Waals surface area contributed by atoms with Crippen molar-refractivity contribution in [2.75, 3.05) is 5.32 Å². The van der Waals surface area contributed by atoms with E-state index >= 15 is 0 Å². The summed E-state index contributed by atoms with van der Waals surface area (Å²) in [5.74, 6) is 1.36. The Kier molecular flexibility index (Phi) is 7.24. The lowest BCUT2D eigenvalue weighted by Crippen LogP contribution is -2.53. The molecule has 2 rings (SSSR count). The van der Waals surface area contributed by atoms with Crippen LogP contribution in [0.1, 0.15) is 45.6 Å². The predicted molar refractivity (Wildman–Crippen MR) is 110 cm³/mol. The van der Waals surface area contributed by atoms with Crippen molar-refractivity contribution in [1.82, 2.24) is 16.2 Å². The molecule has 24 heavy (non-hydrogen) atoms.